The molecule has 0 aromatic carbocycles. The van der Waals surface area contributed by atoms with Gasteiger partial charge in [-0.1, -0.05) is 6.07 Å². The predicted octanol–water partition coefficient (Wildman–Crippen LogP) is 0.985. The number of carbonyl (C=O) groups is 1. The molecular weight excluding hydrogens is 218 g/mol. The van der Waals surface area contributed by atoms with E-state index in [0.717, 1.165) is 11.3 Å². The van der Waals surface area contributed by atoms with Gasteiger partial charge in [-0.05, 0) is 19.1 Å². The number of methoxy groups -OCH3 is 1. The largest absolute Gasteiger partial charge is 0.468 e. The molecule has 0 saturated heterocycles. The summed E-state index contributed by atoms with van der Waals surface area (Å²) in [5.74, 6) is -0.265. The van der Waals surface area contributed by atoms with E-state index in [9.17, 15) is 4.79 Å². The Hall–Kier alpha value is -1.88. The molecule has 0 radical (unpaired) electrons. The second-order valence-electron chi connectivity index (χ2n) is 3.80. The molecule has 0 saturated carbocycles. The van der Waals surface area contributed by atoms with Crippen LogP contribution in [0.4, 0.5) is 0 Å². The van der Waals surface area contributed by atoms with E-state index in [4.69, 9.17) is 0 Å². The van der Waals surface area contributed by atoms with Gasteiger partial charge in [0.25, 0.3) is 0 Å². The summed E-state index contributed by atoms with van der Waals surface area (Å²) < 4.78 is 6.63. The van der Waals surface area contributed by atoms with Crippen molar-refractivity contribution in [2.45, 2.75) is 19.5 Å². The van der Waals surface area contributed by atoms with Gasteiger partial charge >= 0.3 is 5.97 Å². The highest BCUT2D eigenvalue weighted by Gasteiger charge is 2.12. The topological polar surface area (TPSA) is 55.6 Å². The van der Waals surface area contributed by atoms with E-state index >= 15 is 0 Å². The average molecular weight is 233 g/mol. The van der Waals surface area contributed by atoms with Crippen LogP contribution in [-0.4, -0.2) is 28.5 Å². The van der Waals surface area contributed by atoms with Gasteiger partial charge in [0, 0.05) is 12.7 Å². The second kappa shape index (κ2) is 4.97. The van der Waals surface area contributed by atoms with Crippen molar-refractivity contribution in [3.8, 4) is 0 Å². The van der Waals surface area contributed by atoms with Crippen LogP contribution in [-0.2, 0) is 16.1 Å². The number of esters is 1. The van der Waals surface area contributed by atoms with Gasteiger partial charge in [-0.15, -0.1) is 0 Å². The number of rotatable bonds is 4. The van der Waals surface area contributed by atoms with Gasteiger partial charge in [-0.25, -0.2) is 4.98 Å². The van der Waals surface area contributed by atoms with E-state index in [1.807, 2.05) is 28.8 Å². The SMILES string of the molecule is COC(=O)[C@@H](C)NCc1cnc2ccccn12. The van der Waals surface area contributed by atoms with Crippen LogP contribution < -0.4 is 5.32 Å². The first-order valence-corrected chi connectivity index (χ1v) is 5.44. The second-order valence-corrected chi connectivity index (χ2v) is 3.80. The number of hydrogen-bond donors (Lipinski definition) is 1. The van der Waals surface area contributed by atoms with Gasteiger partial charge in [0.2, 0.25) is 0 Å². The van der Waals surface area contributed by atoms with E-state index in [-0.39, 0.29) is 12.0 Å². The highest BCUT2D eigenvalue weighted by Crippen LogP contribution is 2.05. The number of ether oxygens (including phenoxy) is 1. The zero-order valence-corrected chi connectivity index (χ0v) is 9.88. The normalized spacial score (nSPS) is 12.6. The summed E-state index contributed by atoms with van der Waals surface area (Å²) >= 11 is 0. The molecule has 90 valence electrons. The van der Waals surface area contributed by atoms with Gasteiger partial charge in [0.05, 0.1) is 19.0 Å². The molecule has 0 spiro atoms. The number of fused-ring (bicyclic) bond motifs is 1. The number of pyridine rings is 1. The molecule has 2 heterocycles. The lowest BCUT2D eigenvalue weighted by molar-refractivity contribution is -0.142. The Labute approximate surface area is 99.4 Å². The Balaban J connectivity index is 2.07. The minimum absolute atomic E-state index is 0.265. The molecule has 0 fully saturated rings. The number of carbonyl (C=O) groups excluding carboxylic acids is 1. The minimum Gasteiger partial charge on any atom is -0.468 e. The smallest absolute Gasteiger partial charge is 0.322 e. The van der Waals surface area contributed by atoms with Crippen LogP contribution in [0.1, 0.15) is 12.6 Å². The molecule has 2 rings (SSSR count). The van der Waals surface area contributed by atoms with Crippen molar-refractivity contribution in [1.82, 2.24) is 14.7 Å². The zero-order valence-electron chi connectivity index (χ0n) is 9.88. The number of nitrogens with one attached hydrogen (secondary N) is 1. The zero-order chi connectivity index (χ0) is 12.3. The van der Waals surface area contributed by atoms with Crippen LogP contribution in [0.25, 0.3) is 5.65 Å². The van der Waals surface area contributed by atoms with Gasteiger partial charge < -0.3 is 9.14 Å². The van der Waals surface area contributed by atoms with Crippen LogP contribution in [0.5, 0.6) is 0 Å². The molecule has 1 N–H and O–H groups in total. The standard InChI is InChI=1S/C12H15N3O2/c1-9(12(16)17-2)13-7-10-8-14-11-5-3-4-6-15(10)11/h3-6,8-9,13H,7H2,1-2H3/t9-/m1/s1. The first kappa shape index (κ1) is 11.6. The molecule has 0 aliphatic carbocycles. The van der Waals surface area contributed by atoms with E-state index in [1.54, 1.807) is 13.1 Å². The Bertz CT molecular complexity index is 521. The van der Waals surface area contributed by atoms with Crippen LogP contribution in [0.2, 0.25) is 0 Å². The third-order valence-corrected chi connectivity index (χ3v) is 2.64. The molecule has 0 aliphatic rings. The lowest BCUT2D eigenvalue weighted by Crippen LogP contribution is -2.34. The molecule has 0 amide bonds. The summed E-state index contributed by atoms with van der Waals surface area (Å²) in [6, 6.07) is 5.50. The predicted molar refractivity (Wildman–Crippen MR) is 63.5 cm³/mol. The van der Waals surface area contributed by atoms with Crippen molar-refractivity contribution < 1.29 is 9.53 Å². The number of aromatic nitrogens is 2. The van der Waals surface area contributed by atoms with Crippen molar-refractivity contribution in [3.63, 3.8) is 0 Å². The monoisotopic (exact) mass is 233 g/mol. The molecule has 1 atom stereocenters. The Kier molecular flexibility index (Phi) is 3.39. The molecule has 0 bridgehead atoms. The summed E-state index contributed by atoms with van der Waals surface area (Å²) in [5, 5.41) is 3.09. The van der Waals surface area contributed by atoms with Gasteiger partial charge in [0.1, 0.15) is 11.7 Å². The fraction of sp³-hybridized carbons (Fsp3) is 0.333. The summed E-state index contributed by atoms with van der Waals surface area (Å²) in [5.41, 5.74) is 1.91. The maximum absolute atomic E-state index is 11.2. The van der Waals surface area contributed by atoms with E-state index < -0.39 is 0 Å². The number of imidazole rings is 1. The first-order chi connectivity index (χ1) is 8.22. The van der Waals surface area contributed by atoms with Crippen LogP contribution >= 0.6 is 0 Å². The highest BCUT2D eigenvalue weighted by molar-refractivity contribution is 5.75. The Morgan fingerprint density at radius 3 is 3.18 bits per heavy atom. The van der Waals surface area contributed by atoms with Crippen molar-refractivity contribution in [3.05, 3.63) is 36.3 Å². The molecule has 0 aliphatic heterocycles. The van der Waals surface area contributed by atoms with Gasteiger partial charge in [0.15, 0.2) is 0 Å². The maximum Gasteiger partial charge on any atom is 0.322 e. The van der Waals surface area contributed by atoms with E-state index in [1.165, 1.54) is 7.11 Å². The van der Waals surface area contributed by atoms with Crippen molar-refractivity contribution in [2.75, 3.05) is 7.11 Å². The van der Waals surface area contributed by atoms with Crippen LogP contribution in [0, 0.1) is 0 Å². The molecule has 17 heavy (non-hydrogen) atoms. The van der Waals surface area contributed by atoms with Crippen molar-refractivity contribution in [1.29, 1.82) is 0 Å². The van der Waals surface area contributed by atoms with Crippen LogP contribution in [0.3, 0.4) is 0 Å². The molecule has 2 aromatic heterocycles. The number of hydrogen-bond acceptors (Lipinski definition) is 4. The third kappa shape index (κ3) is 2.45. The molecule has 5 heteroatoms. The molecule has 2 aromatic rings. The van der Waals surface area contributed by atoms with Crippen molar-refractivity contribution >= 4 is 11.6 Å². The lowest BCUT2D eigenvalue weighted by Gasteiger charge is -2.10. The lowest BCUT2D eigenvalue weighted by atomic mass is 10.3. The fourth-order valence-electron chi connectivity index (χ4n) is 1.63. The van der Waals surface area contributed by atoms with Crippen LogP contribution in [0.15, 0.2) is 30.6 Å². The summed E-state index contributed by atoms with van der Waals surface area (Å²) in [4.78, 5) is 15.5. The minimum atomic E-state index is -0.325. The van der Waals surface area contributed by atoms with Gasteiger partial charge in [-0.2, -0.15) is 0 Å². The number of nitrogens with zero attached hydrogens (tertiary/aromatic N) is 2. The summed E-state index contributed by atoms with van der Waals surface area (Å²) in [6.45, 7) is 2.34. The third-order valence-electron chi connectivity index (χ3n) is 2.64. The summed E-state index contributed by atoms with van der Waals surface area (Å²) in [6.07, 6.45) is 3.74. The Morgan fingerprint density at radius 2 is 2.41 bits per heavy atom. The maximum atomic E-state index is 11.2. The van der Waals surface area contributed by atoms with E-state index in [0.29, 0.717) is 6.54 Å². The first-order valence-electron chi connectivity index (χ1n) is 5.44. The highest BCUT2D eigenvalue weighted by atomic mass is 16.5. The fourth-order valence-corrected chi connectivity index (χ4v) is 1.63. The average Bonchev–Trinajstić information content (AvgIpc) is 2.78. The molecule has 0 unspecified atom stereocenters. The quantitative estimate of drug-likeness (QED) is 0.800. The Morgan fingerprint density at radius 1 is 1.59 bits per heavy atom. The molecular formula is C12H15N3O2. The van der Waals surface area contributed by atoms with Crippen molar-refractivity contribution in [2.24, 2.45) is 0 Å². The molecule has 5 nitrogen and oxygen atoms in total. The van der Waals surface area contributed by atoms with E-state index in [2.05, 4.69) is 15.0 Å². The van der Waals surface area contributed by atoms with Gasteiger partial charge in [-0.3, -0.25) is 10.1 Å². The summed E-state index contributed by atoms with van der Waals surface area (Å²) in [7, 11) is 1.38.